The van der Waals surface area contributed by atoms with Crippen molar-refractivity contribution in [2.24, 2.45) is 5.73 Å². The molecule has 0 aromatic heterocycles. The van der Waals surface area contributed by atoms with E-state index in [1.807, 2.05) is 0 Å². The molecule has 2 heteroatoms. The molecule has 2 rings (SSSR count). The third-order valence-electron chi connectivity index (χ3n) is 3.60. The molecular weight excluding hydrogens is 148 g/mol. The Morgan fingerprint density at radius 1 is 1.42 bits per heavy atom. The Kier molecular flexibility index (Phi) is 2.13. The molecule has 0 bridgehead atoms. The number of hydrogen-bond acceptors (Lipinski definition) is 2. The molecule has 0 spiro atoms. The van der Waals surface area contributed by atoms with Gasteiger partial charge in [-0.1, -0.05) is 6.92 Å². The fourth-order valence-corrected chi connectivity index (χ4v) is 2.56. The zero-order valence-electron chi connectivity index (χ0n) is 8.05. The molecule has 0 amide bonds. The van der Waals surface area contributed by atoms with Crippen LogP contribution in [0.1, 0.15) is 39.0 Å². The van der Waals surface area contributed by atoms with Crippen LogP contribution in [0.25, 0.3) is 0 Å². The van der Waals surface area contributed by atoms with E-state index in [2.05, 4.69) is 11.8 Å². The molecule has 0 aromatic carbocycles. The lowest BCUT2D eigenvalue weighted by Gasteiger charge is -2.50. The van der Waals surface area contributed by atoms with E-state index in [-0.39, 0.29) is 0 Å². The predicted molar refractivity (Wildman–Crippen MR) is 51.0 cm³/mol. The molecule has 0 saturated heterocycles. The lowest BCUT2D eigenvalue weighted by Crippen LogP contribution is -2.59. The number of nitrogens with two attached hydrogens (primary N) is 1. The van der Waals surface area contributed by atoms with Gasteiger partial charge in [0.15, 0.2) is 0 Å². The summed E-state index contributed by atoms with van der Waals surface area (Å²) in [5, 5.41) is 0. The van der Waals surface area contributed by atoms with E-state index in [4.69, 9.17) is 5.73 Å². The normalized spacial score (nSPS) is 27.2. The zero-order valence-corrected chi connectivity index (χ0v) is 8.05. The van der Waals surface area contributed by atoms with E-state index in [1.165, 1.54) is 38.6 Å². The second-order valence-corrected chi connectivity index (χ2v) is 4.30. The first-order valence-electron chi connectivity index (χ1n) is 5.29. The molecule has 0 heterocycles. The number of nitrogens with zero attached hydrogens (tertiary/aromatic N) is 1. The van der Waals surface area contributed by atoms with Crippen LogP contribution in [0.5, 0.6) is 0 Å². The van der Waals surface area contributed by atoms with E-state index in [9.17, 15) is 0 Å². The molecule has 2 saturated carbocycles. The van der Waals surface area contributed by atoms with Crippen LogP contribution < -0.4 is 5.73 Å². The second kappa shape index (κ2) is 3.00. The Hall–Kier alpha value is -0.0800. The highest BCUT2D eigenvalue weighted by Crippen LogP contribution is 2.42. The van der Waals surface area contributed by atoms with Crippen molar-refractivity contribution in [2.45, 2.75) is 50.6 Å². The van der Waals surface area contributed by atoms with E-state index < -0.39 is 0 Å². The predicted octanol–water partition coefficient (Wildman–Crippen LogP) is 1.35. The van der Waals surface area contributed by atoms with Gasteiger partial charge in [-0.25, -0.2) is 0 Å². The molecule has 2 N–H and O–H groups in total. The van der Waals surface area contributed by atoms with Crippen LogP contribution in [-0.2, 0) is 0 Å². The summed E-state index contributed by atoms with van der Waals surface area (Å²) in [7, 11) is 0. The monoisotopic (exact) mass is 168 g/mol. The first-order valence-corrected chi connectivity index (χ1v) is 5.29. The Bertz CT molecular complexity index is 154. The summed E-state index contributed by atoms with van der Waals surface area (Å²) in [6.45, 7) is 4.34. The second-order valence-electron chi connectivity index (χ2n) is 4.30. The fourth-order valence-electron chi connectivity index (χ4n) is 2.56. The maximum atomic E-state index is 5.87. The van der Waals surface area contributed by atoms with Gasteiger partial charge in [0.1, 0.15) is 0 Å². The SMILES string of the molecule is CCN(C1CC1)C1(CN)CCC1. The van der Waals surface area contributed by atoms with Crippen molar-refractivity contribution in [1.82, 2.24) is 4.90 Å². The highest BCUT2D eigenvalue weighted by Gasteiger charge is 2.46. The minimum atomic E-state index is 0.427. The van der Waals surface area contributed by atoms with Gasteiger partial charge >= 0.3 is 0 Å². The number of hydrogen-bond donors (Lipinski definition) is 1. The Labute approximate surface area is 75.1 Å². The van der Waals surface area contributed by atoms with E-state index >= 15 is 0 Å². The van der Waals surface area contributed by atoms with Crippen molar-refractivity contribution >= 4 is 0 Å². The lowest BCUT2D eigenvalue weighted by molar-refractivity contribution is 0.0206. The minimum Gasteiger partial charge on any atom is -0.329 e. The first kappa shape index (κ1) is 8.52. The molecule has 2 aliphatic rings. The molecule has 0 radical (unpaired) electrons. The molecule has 70 valence electrons. The number of rotatable bonds is 4. The van der Waals surface area contributed by atoms with E-state index in [1.54, 1.807) is 0 Å². The Morgan fingerprint density at radius 3 is 2.33 bits per heavy atom. The van der Waals surface area contributed by atoms with Crippen molar-refractivity contribution < 1.29 is 0 Å². The number of likely N-dealkylation sites (N-methyl/N-ethyl adjacent to an activating group) is 1. The van der Waals surface area contributed by atoms with Crippen LogP contribution >= 0.6 is 0 Å². The molecule has 0 aliphatic heterocycles. The Balaban J connectivity index is 2.01. The highest BCUT2D eigenvalue weighted by atomic mass is 15.3. The molecule has 2 aliphatic carbocycles. The van der Waals surface area contributed by atoms with Gasteiger partial charge in [0.2, 0.25) is 0 Å². The summed E-state index contributed by atoms with van der Waals surface area (Å²) < 4.78 is 0. The van der Waals surface area contributed by atoms with Gasteiger partial charge in [0.05, 0.1) is 0 Å². The summed E-state index contributed by atoms with van der Waals surface area (Å²) in [4.78, 5) is 2.66. The highest BCUT2D eigenvalue weighted by molar-refractivity contribution is 5.03. The molecular formula is C10H20N2. The van der Waals surface area contributed by atoms with Gasteiger partial charge < -0.3 is 5.73 Å². The summed E-state index contributed by atoms with van der Waals surface area (Å²) in [6, 6.07) is 0.888. The van der Waals surface area contributed by atoms with Crippen molar-refractivity contribution in [3.05, 3.63) is 0 Å². The molecule has 2 fully saturated rings. The van der Waals surface area contributed by atoms with E-state index in [0.29, 0.717) is 5.54 Å². The standard InChI is InChI=1S/C10H20N2/c1-2-12(9-4-5-9)10(8-11)6-3-7-10/h9H,2-8,11H2,1H3. The lowest BCUT2D eigenvalue weighted by atomic mass is 9.75. The van der Waals surface area contributed by atoms with Crippen molar-refractivity contribution in [1.29, 1.82) is 0 Å². The van der Waals surface area contributed by atoms with Crippen molar-refractivity contribution in [3.63, 3.8) is 0 Å². The van der Waals surface area contributed by atoms with Crippen LogP contribution in [0.2, 0.25) is 0 Å². The van der Waals surface area contributed by atoms with Gasteiger partial charge in [-0.15, -0.1) is 0 Å². The summed E-state index contributed by atoms with van der Waals surface area (Å²) >= 11 is 0. The van der Waals surface area contributed by atoms with Crippen LogP contribution in [0, 0.1) is 0 Å². The van der Waals surface area contributed by atoms with Crippen molar-refractivity contribution in [3.8, 4) is 0 Å². The van der Waals surface area contributed by atoms with Gasteiger partial charge in [-0.3, -0.25) is 4.90 Å². The zero-order chi connectivity index (χ0) is 8.60. The largest absolute Gasteiger partial charge is 0.329 e. The van der Waals surface area contributed by atoms with Crippen LogP contribution in [-0.4, -0.2) is 29.6 Å². The molecule has 0 aromatic rings. The average molecular weight is 168 g/mol. The van der Waals surface area contributed by atoms with Gasteiger partial charge in [-0.05, 0) is 38.6 Å². The topological polar surface area (TPSA) is 29.3 Å². The first-order chi connectivity index (χ1) is 5.82. The fraction of sp³-hybridized carbons (Fsp3) is 1.00. The van der Waals surface area contributed by atoms with Gasteiger partial charge in [-0.2, -0.15) is 0 Å². The maximum absolute atomic E-state index is 5.87. The van der Waals surface area contributed by atoms with Crippen molar-refractivity contribution in [2.75, 3.05) is 13.1 Å². The minimum absolute atomic E-state index is 0.427. The van der Waals surface area contributed by atoms with Crippen LogP contribution in [0.15, 0.2) is 0 Å². The summed E-state index contributed by atoms with van der Waals surface area (Å²) in [6.07, 6.45) is 6.90. The van der Waals surface area contributed by atoms with Crippen LogP contribution in [0.3, 0.4) is 0 Å². The van der Waals surface area contributed by atoms with Gasteiger partial charge in [0, 0.05) is 18.1 Å². The summed E-state index contributed by atoms with van der Waals surface area (Å²) in [5.74, 6) is 0. The maximum Gasteiger partial charge on any atom is 0.0334 e. The molecule has 2 nitrogen and oxygen atoms in total. The Morgan fingerprint density at radius 2 is 2.08 bits per heavy atom. The van der Waals surface area contributed by atoms with E-state index in [0.717, 1.165) is 12.6 Å². The quantitative estimate of drug-likeness (QED) is 0.686. The van der Waals surface area contributed by atoms with Gasteiger partial charge in [0.25, 0.3) is 0 Å². The smallest absolute Gasteiger partial charge is 0.0334 e. The molecule has 0 atom stereocenters. The third kappa shape index (κ3) is 1.17. The molecule has 12 heavy (non-hydrogen) atoms. The molecule has 0 unspecified atom stereocenters. The summed E-state index contributed by atoms with van der Waals surface area (Å²) in [5.41, 5.74) is 6.30. The average Bonchev–Trinajstić information content (AvgIpc) is 2.79. The third-order valence-corrected chi connectivity index (χ3v) is 3.60. The van der Waals surface area contributed by atoms with Crippen LogP contribution in [0.4, 0.5) is 0 Å².